The molecule has 1 saturated heterocycles. The van der Waals surface area contributed by atoms with Crippen molar-refractivity contribution in [3.05, 3.63) is 0 Å². The lowest BCUT2D eigenvalue weighted by atomic mass is 9.58. The number of hydrogen-bond donors (Lipinski definition) is 0. The first kappa shape index (κ1) is 12.0. The fraction of sp³-hybridized carbons (Fsp3) is 1.00. The molecule has 1 spiro atoms. The summed E-state index contributed by atoms with van der Waals surface area (Å²) in [5.74, 6) is 0.771. The lowest BCUT2D eigenvalue weighted by molar-refractivity contribution is -0.0218. The molecule has 4 heteroatoms. The highest BCUT2D eigenvalue weighted by Gasteiger charge is 2.47. The van der Waals surface area contributed by atoms with Crippen molar-refractivity contribution in [2.45, 2.75) is 51.0 Å². The molecule has 0 atom stereocenters. The minimum absolute atomic E-state index is 0.385. The molecule has 0 aromatic rings. The molecule has 17 heavy (non-hydrogen) atoms. The summed E-state index contributed by atoms with van der Waals surface area (Å²) < 4.78 is 22.8. The van der Waals surface area contributed by atoms with Crippen LogP contribution < -0.4 is 0 Å². The van der Waals surface area contributed by atoms with E-state index in [2.05, 4.69) is 4.90 Å². The zero-order valence-electron chi connectivity index (χ0n) is 10.5. The minimum Gasteiger partial charge on any atom is -0.298 e. The van der Waals surface area contributed by atoms with E-state index in [1.165, 1.54) is 44.9 Å². The first-order valence-electron chi connectivity index (χ1n) is 7.03. The van der Waals surface area contributed by atoms with E-state index in [-0.39, 0.29) is 0 Å². The fourth-order valence-corrected chi connectivity index (χ4v) is 5.23. The topological polar surface area (TPSA) is 37.4 Å². The van der Waals surface area contributed by atoms with Gasteiger partial charge in [-0.1, -0.05) is 19.3 Å². The molecule has 1 aliphatic heterocycles. The Bertz CT molecular complexity index is 362. The Morgan fingerprint density at radius 1 is 0.941 bits per heavy atom. The Balaban J connectivity index is 1.52. The van der Waals surface area contributed by atoms with E-state index in [1.54, 1.807) is 0 Å². The molecule has 3 rings (SSSR count). The van der Waals surface area contributed by atoms with Crippen molar-refractivity contribution in [3.63, 3.8) is 0 Å². The van der Waals surface area contributed by atoms with Crippen LogP contribution in [-0.4, -0.2) is 44.0 Å². The van der Waals surface area contributed by atoms with Crippen molar-refractivity contribution in [2.24, 2.45) is 5.41 Å². The Labute approximate surface area is 104 Å². The van der Waals surface area contributed by atoms with E-state index in [4.69, 9.17) is 0 Å². The van der Waals surface area contributed by atoms with Crippen molar-refractivity contribution in [1.82, 2.24) is 4.90 Å². The van der Waals surface area contributed by atoms with Gasteiger partial charge in [0.25, 0.3) is 0 Å². The van der Waals surface area contributed by atoms with Crippen LogP contribution in [0.1, 0.15) is 44.9 Å². The van der Waals surface area contributed by atoms with Crippen LogP contribution in [0.5, 0.6) is 0 Å². The molecule has 0 radical (unpaired) electrons. The molecular weight excluding hydrogens is 234 g/mol. The van der Waals surface area contributed by atoms with Gasteiger partial charge in [0, 0.05) is 19.1 Å². The van der Waals surface area contributed by atoms with E-state index in [0.29, 0.717) is 23.0 Å². The molecule has 0 bridgehead atoms. The normalized spacial score (nSPS) is 33.4. The number of hydrogen-bond acceptors (Lipinski definition) is 3. The van der Waals surface area contributed by atoms with Gasteiger partial charge in [-0.3, -0.25) is 4.90 Å². The first-order valence-corrected chi connectivity index (χ1v) is 8.85. The molecule has 0 aromatic carbocycles. The van der Waals surface area contributed by atoms with Gasteiger partial charge in [0.15, 0.2) is 9.84 Å². The van der Waals surface area contributed by atoms with Crippen LogP contribution in [0.25, 0.3) is 0 Å². The van der Waals surface area contributed by atoms with Gasteiger partial charge in [0.05, 0.1) is 11.5 Å². The zero-order valence-corrected chi connectivity index (χ0v) is 11.3. The quantitative estimate of drug-likeness (QED) is 0.719. The smallest absolute Gasteiger partial charge is 0.152 e. The van der Waals surface area contributed by atoms with Gasteiger partial charge in [0.2, 0.25) is 0 Å². The molecule has 1 heterocycles. The third-order valence-corrected chi connectivity index (χ3v) is 6.76. The molecule has 3 nitrogen and oxygen atoms in total. The summed E-state index contributed by atoms with van der Waals surface area (Å²) in [6.07, 6.45) is 9.79. The average Bonchev–Trinajstić information content (AvgIpc) is 2.27. The van der Waals surface area contributed by atoms with E-state index in [1.807, 2.05) is 0 Å². The maximum atomic E-state index is 11.4. The lowest BCUT2D eigenvalue weighted by Crippen LogP contribution is -2.55. The Morgan fingerprint density at radius 3 is 2.12 bits per heavy atom. The van der Waals surface area contributed by atoms with E-state index in [0.717, 1.165) is 13.1 Å². The van der Waals surface area contributed by atoms with Crippen molar-refractivity contribution < 1.29 is 8.42 Å². The lowest BCUT2D eigenvalue weighted by Gasteiger charge is -2.54. The zero-order chi connectivity index (χ0) is 11.9. The van der Waals surface area contributed by atoms with Gasteiger partial charge < -0.3 is 0 Å². The van der Waals surface area contributed by atoms with E-state index in [9.17, 15) is 8.42 Å². The number of nitrogens with zero attached hydrogens (tertiary/aromatic N) is 1. The molecule has 0 unspecified atom stereocenters. The van der Waals surface area contributed by atoms with Crippen LogP contribution in [0, 0.1) is 5.41 Å². The molecule has 3 aliphatic rings. The third-order valence-electron chi connectivity index (χ3n) is 5.15. The van der Waals surface area contributed by atoms with Gasteiger partial charge >= 0.3 is 0 Å². The predicted octanol–water partition coefficient (Wildman–Crippen LogP) is 1.83. The van der Waals surface area contributed by atoms with E-state index >= 15 is 0 Å². The molecule has 0 aromatic heterocycles. The molecule has 0 N–H and O–H groups in total. The summed E-state index contributed by atoms with van der Waals surface area (Å²) in [5.41, 5.74) is 0.666. The van der Waals surface area contributed by atoms with Gasteiger partial charge in [-0.15, -0.1) is 0 Å². The summed E-state index contributed by atoms with van der Waals surface area (Å²) in [4.78, 5) is 2.43. The average molecular weight is 257 g/mol. The van der Waals surface area contributed by atoms with Crippen molar-refractivity contribution >= 4 is 9.84 Å². The molecular formula is C13H23NO2S. The second-order valence-corrected chi connectivity index (χ2v) is 8.61. The standard InChI is InChI=1S/C13H23NO2S/c15-17(16)8-6-14(7-9-17)12-10-13(11-12)4-2-1-3-5-13/h12H,1-11H2. The monoisotopic (exact) mass is 257 g/mol. The second kappa shape index (κ2) is 4.23. The van der Waals surface area contributed by atoms with Gasteiger partial charge in [0.1, 0.15) is 0 Å². The summed E-state index contributed by atoms with van der Waals surface area (Å²) >= 11 is 0. The Hall–Kier alpha value is -0.0900. The first-order chi connectivity index (χ1) is 8.09. The highest BCUT2D eigenvalue weighted by Crippen LogP contribution is 2.53. The van der Waals surface area contributed by atoms with Gasteiger partial charge in [-0.05, 0) is 31.1 Å². The number of sulfone groups is 1. The Kier molecular flexibility index (Phi) is 2.98. The van der Waals surface area contributed by atoms with Crippen LogP contribution >= 0.6 is 0 Å². The summed E-state index contributed by atoms with van der Waals surface area (Å²) in [7, 11) is -2.71. The molecule has 98 valence electrons. The van der Waals surface area contributed by atoms with Crippen molar-refractivity contribution in [3.8, 4) is 0 Å². The maximum Gasteiger partial charge on any atom is 0.152 e. The van der Waals surface area contributed by atoms with Gasteiger partial charge in [-0.2, -0.15) is 0 Å². The van der Waals surface area contributed by atoms with Gasteiger partial charge in [-0.25, -0.2) is 8.42 Å². The van der Waals surface area contributed by atoms with Crippen LogP contribution in [0.4, 0.5) is 0 Å². The van der Waals surface area contributed by atoms with Crippen LogP contribution in [0.2, 0.25) is 0 Å². The number of rotatable bonds is 1. The van der Waals surface area contributed by atoms with Crippen molar-refractivity contribution in [2.75, 3.05) is 24.6 Å². The van der Waals surface area contributed by atoms with Crippen molar-refractivity contribution in [1.29, 1.82) is 0 Å². The Morgan fingerprint density at radius 2 is 1.53 bits per heavy atom. The largest absolute Gasteiger partial charge is 0.298 e. The summed E-state index contributed by atoms with van der Waals surface area (Å²) in [5, 5.41) is 0. The fourth-order valence-electron chi connectivity index (χ4n) is 4.00. The molecule has 2 aliphatic carbocycles. The van der Waals surface area contributed by atoms with Crippen LogP contribution in [-0.2, 0) is 9.84 Å². The van der Waals surface area contributed by atoms with E-state index < -0.39 is 9.84 Å². The predicted molar refractivity (Wildman–Crippen MR) is 68.8 cm³/mol. The molecule has 0 amide bonds. The molecule has 2 saturated carbocycles. The SMILES string of the molecule is O=S1(=O)CCN(C2CC3(CCCCC3)C2)CC1. The van der Waals surface area contributed by atoms with Crippen LogP contribution in [0.3, 0.4) is 0 Å². The third kappa shape index (κ3) is 2.39. The van der Waals surface area contributed by atoms with Crippen LogP contribution in [0.15, 0.2) is 0 Å². The highest BCUT2D eigenvalue weighted by molar-refractivity contribution is 7.91. The second-order valence-electron chi connectivity index (χ2n) is 6.31. The summed E-state index contributed by atoms with van der Waals surface area (Å²) in [6.45, 7) is 1.56. The molecule has 3 fully saturated rings. The highest BCUT2D eigenvalue weighted by atomic mass is 32.2. The maximum absolute atomic E-state index is 11.4. The summed E-state index contributed by atoms with van der Waals surface area (Å²) in [6, 6.07) is 0.698. The minimum atomic E-state index is -2.71.